The fraction of sp³-hybridized carbons (Fsp3) is 0.429. The summed E-state index contributed by atoms with van der Waals surface area (Å²) >= 11 is 0. The zero-order chi connectivity index (χ0) is 17.0. The van der Waals surface area contributed by atoms with Crippen LogP contribution in [0.2, 0.25) is 0 Å². The highest BCUT2D eigenvalue weighted by atomic mass is 14.9. The van der Waals surface area contributed by atoms with Crippen molar-refractivity contribution in [2.24, 2.45) is 5.92 Å². The van der Waals surface area contributed by atoms with Crippen LogP contribution >= 0.6 is 0 Å². The van der Waals surface area contributed by atoms with Crippen molar-refractivity contribution >= 4 is 11.4 Å². The molecule has 0 saturated carbocycles. The second-order valence-electron chi connectivity index (χ2n) is 6.96. The molecule has 0 spiro atoms. The van der Waals surface area contributed by atoms with Crippen LogP contribution in [0.5, 0.6) is 0 Å². The van der Waals surface area contributed by atoms with Gasteiger partial charge in [0.15, 0.2) is 0 Å². The molecule has 2 nitrogen and oxygen atoms in total. The van der Waals surface area contributed by atoms with Crippen molar-refractivity contribution < 1.29 is 0 Å². The van der Waals surface area contributed by atoms with Crippen molar-refractivity contribution in [2.45, 2.75) is 54.1 Å². The number of hydrogen-bond acceptors (Lipinski definition) is 2. The van der Waals surface area contributed by atoms with Crippen LogP contribution in [0.1, 0.15) is 43.0 Å². The smallest absolute Gasteiger partial charge is 0.0421 e. The maximum atomic E-state index is 3.64. The topological polar surface area (TPSA) is 24.1 Å². The standard InChI is InChI=1S/C21H30N2/c1-14(2)18(6)23-20-10-8-7-9-19(20)13-22-21-16(4)11-15(3)12-17(21)5/h7-12,14,18,22-23H,13H2,1-6H3. The maximum absolute atomic E-state index is 3.64. The molecule has 0 fully saturated rings. The Kier molecular flexibility index (Phi) is 5.70. The van der Waals surface area contributed by atoms with Crippen LogP contribution in [0, 0.1) is 26.7 Å². The summed E-state index contributed by atoms with van der Waals surface area (Å²) in [5, 5.41) is 7.27. The van der Waals surface area contributed by atoms with Crippen molar-refractivity contribution in [3.8, 4) is 0 Å². The monoisotopic (exact) mass is 310 g/mol. The van der Waals surface area contributed by atoms with E-state index in [2.05, 4.69) is 88.6 Å². The van der Waals surface area contributed by atoms with Crippen LogP contribution < -0.4 is 10.6 Å². The SMILES string of the molecule is Cc1cc(C)c(NCc2ccccc2NC(C)C(C)C)c(C)c1. The van der Waals surface area contributed by atoms with Gasteiger partial charge in [-0.25, -0.2) is 0 Å². The summed E-state index contributed by atoms with van der Waals surface area (Å²) in [6.07, 6.45) is 0. The van der Waals surface area contributed by atoms with Crippen LogP contribution in [-0.2, 0) is 6.54 Å². The number of hydrogen-bond donors (Lipinski definition) is 2. The summed E-state index contributed by atoms with van der Waals surface area (Å²) in [4.78, 5) is 0. The van der Waals surface area contributed by atoms with E-state index in [1.54, 1.807) is 0 Å². The number of benzene rings is 2. The van der Waals surface area contributed by atoms with Gasteiger partial charge in [0, 0.05) is 24.0 Å². The zero-order valence-corrected chi connectivity index (χ0v) is 15.3. The fourth-order valence-electron chi connectivity index (χ4n) is 2.87. The van der Waals surface area contributed by atoms with Crippen LogP contribution in [0.25, 0.3) is 0 Å². The molecule has 1 unspecified atom stereocenters. The molecular weight excluding hydrogens is 280 g/mol. The van der Waals surface area contributed by atoms with E-state index in [0.29, 0.717) is 12.0 Å². The molecule has 0 heterocycles. The van der Waals surface area contributed by atoms with E-state index in [1.807, 2.05) is 0 Å². The van der Waals surface area contributed by atoms with Crippen LogP contribution in [0.4, 0.5) is 11.4 Å². The molecule has 2 N–H and O–H groups in total. The molecule has 0 bridgehead atoms. The van der Waals surface area contributed by atoms with Crippen LogP contribution in [0.3, 0.4) is 0 Å². The Morgan fingerprint density at radius 1 is 0.913 bits per heavy atom. The Bertz CT molecular complexity index is 636. The lowest BCUT2D eigenvalue weighted by atomic mass is 10.0. The molecule has 0 radical (unpaired) electrons. The van der Waals surface area contributed by atoms with Crippen molar-refractivity contribution in [1.82, 2.24) is 0 Å². The Labute approximate surface area is 141 Å². The predicted octanol–water partition coefficient (Wildman–Crippen LogP) is 5.68. The molecule has 0 aliphatic carbocycles. The van der Waals surface area contributed by atoms with Crippen LogP contribution in [0.15, 0.2) is 36.4 Å². The van der Waals surface area contributed by atoms with Gasteiger partial charge in [-0.2, -0.15) is 0 Å². The molecule has 2 aromatic rings. The van der Waals surface area contributed by atoms with E-state index in [9.17, 15) is 0 Å². The number of nitrogens with one attached hydrogen (secondary N) is 2. The largest absolute Gasteiger partial charge is 0.382 e. The summed E-state index contributed by atoms with van der Waals surface area (Å²) in [7, 11) is 0. The molecule has 1 atom stereocenters. The zero-order valence-electron chi connectivity index (χ0n) is 15.3. The second kappa shape index (κ2) is 7.54. The van der Waals surface area contributed by atoms with Gasteiger partial charge < -0.3 is 10.6 Å². The lowest BCUT2D eigenvalue weighted by Crippen LogP contribution is -2.22. The van der Waals surface area contributed by atoms with Gasteiger partial charge in [0.25, 0.3) is 0 Å². The van der Waals surface area contributed by atoms with E-state index < -0.39 is 0 Å². The maximum Gasteiger partial charge on any atom is 0.0421 e. The highest BCUT2D eigenvalue weighted by Gasteiger charge is 2.10. The number of anilines is 2. The Morgan fingerprint density at radius 2 is 1.52 bits per heavy atom. The Balaban J connectivity index is 2.15. The summed E-state index contributed by atoms with van der Waals surface area (Å²) in [6, 6.07) is 13.5. The van der Waals surface area contributed by atoms with E-state index in [0.717, 1.165) is 6.54 Å². The third-order valence-corrected chi connectivity index (χ3v) is 4.53. The first-order valence-corrected chi connectivity index (χ1v) is 8.54. The molecule has 2 heteroatoms. The minimum atomic E-state index is 0.457. The van der Waals surface area contributed by atoms with Gasteiger partial charge in [0.1, 0.15) is 0 Å². The van der Waals surface area contributed by atoms with Crippen molar-refractivity contribution in [3.05, 3.63) is 58.7 Å². The Morgan fingerprint density at radius 3 is 2.13 bits per heavy atom. The number of para-hydroxylation sites is 1. The predicted molar refractivity (Wildman–Crippen MR) is 102 cm³/mol. The lowest BCUT2D eigenvalue weighted by Gasteiger charge is -2.22. The van der Waals surface area contributed by atoms with Gasteiger partial charge in [0.2, 0.25) is 0 Å². The minimum Gasteiger partial charge on any atom is -0.382 e. The summed E-state index contributed by atoms with van der Waals surface area (Å²) in [6.45, 7) is 14.1. The van der Waals surface area contributed by atoms with E-state index in [1.165, 1.54) is 33.6 Å². The Hall–Kier alpha value is -1.96. The van der Waals surface area contributed by atoms with Gasteiger partial charge in [-0.05, 0) is 56.4 Å². The molecule has 0 amide bonds. The lowest BCUT2D eigenvalue weighted by molar-refractivity contribution is 0.559. The molecular formula is C21H30N2. The average molecular weight is 310 g/mol. The van der Waals surface area contributed by atoms with E-state index in [-0.39, 0.29) is 0 Å². The summed E-state index contributed by atoms with van der Waals surface area (Å²) in [5.41, 5.74) is 7.72. The molecule has 23 heavy (non-hydrogen) atoms. The number of aryl methyl sites for hydroxylation is 3. The number of rotatable bonds is 6. The van der Waals surface area contributed by atoms with Crippen molar-refractivity contribution in [2.75, 3.05) is 10.6 Å². The first-order valence-electron chi connectivity index (χ1n) is 8.54. The summed E-state index contributed by atoms with van der Waals surface area (Å²) in [5.74, 6) is 0.609. The molecule has 0 saturated heterocycles. The van der Waals surface area contributed by atoms with Gasteiger partial charge >= 0.3 is 0 Å². The molecule has 0 aliphatic heterocycles. The van der Waals surface area contributed by atoms with E-state index in [4.69, 9.17) is 0 Å². The third kappa shape index (κ3) is 4.51. The van der Waals surface area contributed by atoms with Gasteiger partial charge in [0.05, 0.1) is 0 Å². The first-order chi connectivity index (χ1) is 10.9. The molecule has 0 aliphatic rings. The molecule has 124 valence electrons. The quantitative estimate of drug-likeness (QED) is 0.717. The summed E-state index contributed by atoms with van der Waals surface area (Å²) < 4.78 is 0. The van der Waals surface area contributed by atoms with E-state index >= 15 is 0 Å². The third-order valence-electron chi connectivity index (χ3n) is 4.53. The van der Waals surface area contributed by atoms with Gasteiger partial charge in [-0.1, -0.05) is 49.7 Å². The highest BCUT2D eigenvalue weighted by Crippen LogP contribution is 2.24. The molecule has 2 aromatic carbocycles. The van der Waals surface area contributed by atoms with Crippen molar-refractivity contribution in [1.29, 1.82) is 0 Å². The molecule has 0 aromatic heterocycles. The average Bonchev–Trinajstić information content (AvgIpc) is 2.47. The van der Waals surface area contributed by atoms with Crippen molar-refractivity contribution in [3.63, 3.8) is 0 Å². The fourth-order valence-corrected chi connectivity index (χ4v) is 2.87. The van der Waals surface area contributed by atoms with Crippen LogP contribution in [-0.4, -0.2) is 6.04 Å². The van der Waals surface area contributed by atoms with Gasteiger partial charge in [-0.15, -0.1) is 0 Å². The minimum absolute atomic E-state index is 0.457. The second-order valence-corrected chi connectivity index (χ2v) is 6.96. The first kappa shape index (κ1) is 17.4. The molecule has 2 rings (SSSR count). The normalized spacial score (nSPS) is 12.3. The van der Waals surface area contributed by atoms with Gasteiger partial charge in [-0.3, -0.25) is 0 Å². The highest BCUT2D eigenvalue weighted by molar-refractivity contribution is 5.60.